The third-order valence-corrected chi connectivity index (χ3v) is 4.90. The third-order valence-electron chi connectivity index (χ3n) is 4.90. The molecule has 0 spiro atoms. The van der Waals surface area contributed by atoms with Crippen LogP contribution in [0.15, 0.2) is 0 Å². The van der Waals surface area contributed by atoms with Crippen LogP contribution in [0.2, 0.25) is 0 Å². The smallest absolute Gasteiger partial charge is 0.326 e. The van der Waals surface area contributed by atoms with Crippen molar-refractivity contribution in [2.45, 2.75) is 58.4 Å². The number of carbonyl (C=O) groups excluding carboxylic acids is 1. The summed E-state index contributed by atoms with van der Waals surface area (Å²) in [4.78, 5) is 12.4. The van der Waals surface area contributed by atoms with Crippen molar-refractivity contribution in [1.82, 2.24) is 5.32 Å². The zero-order chi connectivity index (χ0) is 13.2. The lowest BCUT2D eigenvalue weighted by atomic mass is 9.68. The van der Waals surface area contributed by atoms with Gasteiger partial charge >= 0.3 is 5.97 Å². The predicted molar refractivity (Wildman–Crippen MR) is 72.3 cm³/mol. The van der Waals surface area contributed by atoms with E-state index in [9.17, 15) is 4.79 Å². The van der Waals surface area contributed by atoms with Crippen LogP contribution >= 0.6 is 0 Å². The molecule has 0 amide bonds. The summed E-state index contributed by atoms with van der Waals surface area (Å²) in [6, 6.07) is 0. The summed E-state index contributed by atoms with van der Waals surface area (Å²) in [7, 11) is 0. The van der Waals surface area contributed by atoms with Gasteiger partial charge in [-0.2, -0.15) is 0 Å². The molecule has 0 aromatic heterocycles. The lowest BCUT2D eigenvalue weighted by molar-refractivity contribution is -0.156. The molecule has 2 fully saturated rings. The summed E-state index contributed by atoms with van der Waals surface area (Å²) >= 11 is 0. The normalized spacial score (nSPS) is 36.4. The van der Waals surface area contributed by atoms with Gasteiger partial charge in [0.05, 0.1) is 6.61 Å². The minimum atomic E-state index is -0.420. The number of ether oxygens (including phenoxy) is 1. The first-order chi connectivity index (χ1) is 8.60. The highest BCUT2D eigenvalue weighted by Gasteiger charge is 2.48. The van der Waals surface area contributed by atoms with Crippen molar-refractivity contribution in [2.24, 2.45) is 17.8 Å². The van der Waals surface area contributed by atoms with Crippen molar-refractivity contribution in [1.29, 1.82) is 0 Å². The lowest BCUT2D eigenvalue weighted by Gasteiger charge is -2.44. The van der Waals surface area contributed by atoms with Gasteiger partial charge in [0, 0.05) is 0 Å². The molecular weight excluding hydrogens is 226 g/mol. The fourth-order valence-corrected chi connectivity index (χ4v) is 3.18. The van der Waals surface area contributed by atoms with Crippen LogP contribution in [0.5, 0.6) is 0 Å². The van der Waals surface area contributed by atoms with Crippen molar-refractivity contribution in [3.8, 4) is 0 Å². The van der Waals surface area contributed by atoms with Crippen LogP contribution in [0.3, 0.4) is 0 Å². The predicted octanol–water partition coefficient (Wildman–Crippen LogP) is 2.74. The van der Waals surface area contributed by atoms with Gasteiger partial charge in [-0.05, 0) is 50.5 Å². The first-order valence-corrected chi connectivity index (χ1v) is 7.52. The molecule has 0 aromatic rings. The highest BCUT2D eigenvalue weighted by molar-refractivity contribution is 5.81. The second kappa shape index (κ2) is 5.60. The van der Waals surface area contributed by atoms with E-state index in [1.54, 1.807) is 0 Å². The molecule has 2 rings (SSSR count). The van der Waals surface area contributed by atoms with E-state index in [0.717, 1.165) is 25.3 Å². The topological polar surface area (TPSA) is 38.3 Å². The van der Waals surface area contributed by atoms with Gasteiger partial charge in [-0.25, -0.2) is 0 Å². The molecule has 3 atom stereocenters. The fraction of sp³-hybridized carbons (Fsp3) is 0.933. The van der Waals surface area contributed by atoms with Crippen LogP contribution in [0.4, 0.5) is 0 Å². The van der Waals surface area contributed by atoms with Gasteiger partial charge in [0.25, 0.3) is 0 Å². The van der Waals surface area contributed by atoms with Crippen molar-refractivity contribution in [3.05, 3.63) is 0 Å². The number of nitrogens with one attached hydrogen (secondary N) is 1. The average molecular weight is 253 g/mol. The van der Waals surface area contributed by atoms with Gasteiger partial charge in [0.1, 0.15) is 5.54 Å². The van der Waals surface area contributed by atoms with Crippen molar-refractivity contribution < 1.29 is 9.53 Å². The number of hydrogen-bond donors (Lipinski definition) is 1. The Labute approximate surface area is 111 Å². The highest BCUT2D eigenvalue weighted by atomic mass is 16.5. The van der Waals surface area contributed by atoms with E-state index in [1.807, 2.05) is 6.92 Å². The fourth-order valence-electron chi connectivity index (χ4n) is 3.18. The van der Waals surface area contributed by atoms with Gasteiger partial charge < -0.3 is 10.1 Å². The molecule has 3 heteroatoms. The Morgan fingerprint density at radius 1 is 1.33 bits per heavy atom. The van der Waals surface area contributed by atoms with Gasteiger partial charge in [0.15, 0.2) is 0 Å². The van der Waals surface area contributed by atoms with E-state index in [2.05, 4.69) is 19.2 Å². The minimum absolute atomic E-state index is 0.0234. The Bertz CT molecular complexity index is 301. The molecule has 0 bridgehead atoms. The quantitative estimate of drug-likeness (QED) is 0.766. The lowest BCUT2D eigenvalue weighted by Crippen LogP contribution is -2.61. The Morgan fingerprint density at radius 2 is 2.06 bits per heavy atom. The first kappa shape index (κ1) is 13.9. The largest absolute Gasteiger partial charge is 0.465 e. The monoisotopic (exact) mass is 253 g/mol. The second-order valence-electron chi connectivity index (χ2n) is 6.17. The molecular formula is C15H27NO2. The molecule has 3 unspecified atom stereocenters. The van der Waals surface area contributed by atoms with Gasteiger partial charge in [-0.15, -0.1) is 0 Å². The van der Waals surface area contributed by atoms with E-state index in [1.165, 1.54) is 19.3 Å². The molecule has 18 heavy (non-hydrogen) atoms. The van der Waals surface area contributed by atoms with Crippen molar-refractivity contribution >= 4 is 5.97 Å². The van der Waals surface area contributed by atoms with Crippen LogP contribution in [0, 0.1) is 17.8 Å². The third kappa shape index (κ3) is 2.71. The van der Waals surface area contributed by atoms with E-state index < -0.39 is 5.54 Å². The van der Waals surface area contributed by atoms with Crippen molar-refractivity contribution in [2.75, 3.05) is 13.2 Å². The number of carbonyl (C=O) groups is 1. The van der Waals surface area contributed by atoms with Crippen molar-refractivity contribution in [3.63, 3.8) is 0 Å². The molecule has 0 aromatic carbocycles. The zero-order valence-electron chi connectivity index (χ0n) is 12.0. The number of rotatable bonds is 5. The Kier molecular flexibility index (Phi) is 4.31. The summed E-state index contributed by atoms with van der Waals surface area (Å²) in [5.74, 6) is 1.73. The van der Waals surface area contributed by atoms with Crippen LogP contribution in [-0.4, -0.2) is 24.7 Å². The molecule has 1 N–H and O–H groups in total. The molecule has 0 radical (unpaired) electrons. The molecule has 0 aliphatic heterocycles. The number of esters is 1. The maximum Gasteiger partial charge on any atom is 0.326 e. The average Bonchev–Trinajstić information content (AvgIpc) is 3.16. The molecule has 2 aliphatic rings. The van der Waals surface area contributed by atoms with E-state index >= 15 is 0 Å². The Morgan fingerprint density at radius 3 is 2.67 bits per heavy atom. The molecule has 2 aliphatic carbocycles. The highest BCUT2D eigenvalue weighted by Crippen LogP contribution is 2.39. The molecule has 3 nitrogen and oxygen atoms in total. The van der Waals surface area contributed by atoms with E-state index in [4.69, 9.17) is 4.74 Å². The summed E-state index contributed by atoms with van der Waals surface area (Å²) in [5, 5.41) is 3.59. The Hall–Kier alpha value is -0.570. The number of hydrogen-bond acceptors (Lipinski definition) is 3. The summed E-state index contributed by atoms with van der Waals surface area (Å²) in [6.07, 6.45) is 5.92. The minimum Gasteiger partial charge on any atom is -0.465 e. The summed E-state index contributed by atoms with van der Waals surface area (Å²) in [5.41, 5.74) is -0.420. The summed E-state index contributed by atoms with van der Waals surface area (Å²) in [6.45, 7) is 7.82. The van der Waals surface area contributed by atoms with Gasteiger partial charge in [0.2, 0.25) is 0 Å². The van der Waals surface area contributed by atoms with Gasteiger partial charge in [-0.3, -0.25) is 4.79 Å². The van der Waals surface area contributed by atoms with Crippen LogP contribution in [0.25, 0.3) is 0 Å². The van der Waals surface area contributed by atoms with Gasteiger partial charge in [-0.1, -0.05) is 26.7 Å². The molecule has 104 valence electrons. The van der Waals surface area contributed by atoms with E-state index in [-0.39, 0.29) is 5.97 Å². The maximum atomic E-state index is 12.4. The van der Waals surface area contributed by atoms with E-state index in [0.29, 0.717) is 18.4 Å². The molecule has 0 heterocycles. The second-order valence-corrected chi connectivity index (χ2v) is 6.17. The first-order valence-electron chi connectivity index (χ1n) is 7.52. The standard InChI is InChI=1S/C15H27NO2/c1-4-18-14(17)15(16-10-13-7-8-13)9-5-6-11(2)12(15)3/h11-13,16H,4-10H2,1-3H3. The molecule has 2 saturated carbocycles. The molecule has 0 saturated heterocycles. The van der Waals surface area contributed by atoms with Crippen LogP contribution in [-0.2, 0) is 9.53 Å². The van der Waals surface area contributed by atoms with Crippen LogP contribution < -0.4 is 5.32 Å². The SMILES string of the molecule is CCOC(=O)C1(NCC2CC2)CCCC(C)C1C. The van der Waals surface area contributed by atoms with Crippen LogP contribution in [0.1, 0.15) is 52.9 Å². The Balaban J connectivity index is 2.10. The summed E-state index contributed by atoms with van der Waals surface area (Å²) < 4.78 is 5.35. The zero-order valence-corrected chi connectivity index (χ0v) is 12.0. The maximum absolute atomic E-state index is 12.4.